The summed E-state index contributed by atoms with van der Waals surface area (Å²) in [5.74, 6) is -0.397. The van der Waals surface area contributed by atoms with Gasteiger partial charge in [0.15, 0.2) is 12.1 Å². The number of phenols is 1. The van der Waals surface area contributed by atoms with E-state index in [9.17, 15) is 9.59 Å². The number of hydrogen-bond donors (Lipinski definition) is 1. The molecule has 1 aromatic carbocycles. The fourth-order valence-corrected chi connectivity index (χ4v) is 0.940. The van der Waals surface area contributed by atoms with Crippen LogP contribution in [0.1, 0.15) is 20.7 Å². The predicted molar refractivity (Wildman–Crippen MR) is 48.4 cm³/mol. The van der Waals surface area contributed by atoms with Crippen molar-refractivity contribution in [3.05, 3.63) is 29.3 Å². The number of aldehydes is 1. The summed E-state index contributed by atoms with van der Waals surface area (Å²) in [6.07, 6.45) is 0.381. The normalized spacial score (nSPS) is 9.54. The molecule has 13 heavy (non-hydrogen) atoms. The monoisotopic (exact) mass is 174 g/mol. The van der Waals surface area contributed by atoms with Gasteiger partial charge >= 0.3 is 0 Å². The Bertz CT molecular complexity index is 347. The van der Waals surface area contributed by atoms with Crippen molar-refractivity contribution in [1.29, 1.82) is 0 Å². The second-order valence-corrected chi connectivity index (χ2v) is 2.52. The van der Waals surface area contributed by atoms with Crippen LogP contribution in [0, 0.1) is 0 Å². The van der Waals surface area contributed by atoms with Crippen molar-refractivity contribution in [2.75, 3.05) is 0 Å². The molecule has 0 fully saturated rings. The molecular formula is C9H7BO3. The number of ketones is 1. The minimum atomic E-state index is -0.261. The molecule has 0 aliphatic rings. The standard InChI is InChI=1S/C9H7BO3/c10-4-9(13)6-1-2-8(12)7(3-6)5-11/h1-3,5,12H,4H2. The van der Waals surface area contributed by atoms with Crippen molar-refractivity contribution in [3.8, 4) is 5.75 Å². The van der Waals surface area contributed by atoms with Crippen LogP contribution in [0.15, 0.2) is 18.2 Å². The van der Waals surface area contributed by atoms with Crippen LogP contribution in [0.4, 0.5) is 0 Å². The first kappa shape index (κ1) is 9.51. The fourth-order valence-electron chi connectivity index (χ4n) is 0.940. The third kappa shape index (κ3) is 1.96. The van der Waals surface area contributed by atoms with E-state index in [0.29, 0.717) is 11.8 Å². The van der Waals surface area contributed by atoms with E-state index in [-0.39, 0.29) is 23.4 Å². The maximum atomic E-state index is 11.1. The molecule has 0 saturated carbocycles. The van der Waals surface area contributed by atoms with Gasteiger partial charge in [-0.3, -0.25) is 9.59 Å². The third-order valence-electron chi connectivity index (χ3n) is 1.66. The molecule has 0 unspecified atom stereocenters. The fraction of sp³-hybridized carbons (Fsp3) is 0.111. The van der Waals surface area contributed by atoms with Gasteiger partial charge in [-0.15, -0.1) is 0 Å². The highest BCUT2D eigenvalue weighted by Gasteiger charge is 2.06. The minimum absolute atomic E-state index is 0.0966. The summed E-state index contributed by atoms with van der Waals surface area (Å²) < 4.78 is 0. The number of benzene rings is 1. The lowest BCUT2D eigenvalue weighted by Crippen LogP contribution is -1.98. The first-order chi connectivity index (χ1) is 6.19. The lowest BCUT2D eigenvalue weighted by molar-refractivity contribution is 0.101. The van der Waals surface area contributed by atoms with Crippen LogP contribution in [0.3, 0.4) is 0 Å². The highest BCUT2D eigenvalue weighted by Crippen LogP contribution is 2.17. The third-order valence-corrected chi connectivity index (χ3v) is 1.66. The van der Waals surface area contributed by atoms with E-state index < -0.39 is 0 Å². The molecule has 0 saturated heterocycles. The Labute approximate surface area is 76.8 Å². The lowest BCUT2D eigenvalue weighted by atomic mass is 9.95. The Hall–Kier alpha value is -1.58. The van der Waals surface area contributed by atoms with Gasteiger partial charge in [-0.1, -0.05) is 0 Å². The van der Waals surface area contributed by atoms with Crippen LogP contribution < -0.4 is 0 Å². The molecule has 0 spiro atoms. The van der Waals surface area contributed by atoms with Gasteiger partial charge in [-0.25, -0.2) is 0 Å². The number of rotatable bonds is 3. The van der Waals surface area contributed by atoms with Gasteiger partial charge in [0.05, 0.1) is 13.4 Å². The van der Waals surface area contributed by atoms with Crippen molar-refractivity contribution in [2.45, 2.75) is 6.32 Å². The van der Waals surface area contributed by atoms with E-state index in [1.54, 1.807) is 0 Å². The van der Waals surface area contributed by atoms with Gasteiger partial charge in [0.2, 0.25) is 0 Å². The molecule has 0 heterocycles. The molecule has 0 aromatic heterocycles. The van der Waals surface area contributed by atoms with Crippen molar-refractivity contribution < 1.29 is 14.7 Å². The highest BCUT2D eigenvalue weighted by molar-refractivity contribution is 6.24. The summed E-state index contributed by atoms with van der Waals surface area (Å²) in [6, 6.07) is 4.04. The van der Waals surface area contributed by atoms with E-state index in [2.05, 4.69) is 0 Å². The van der Waals surface area contributed by atoms with E-state index in [1.807, 2.05) is 0 Å². The SMILES string of the molecule is [B]CC(=O)c1ccc(O)c(C=O)c1. The summed E-state index contributed by atoms with van der Waals surface area (Å²) in [4.78, 5) is 21.5. The van der Waals surface area contributed by atoms with Crippen molar-refractivity contribution in [3.63, 3.8) is 0 Å². The number of phenolic OH excluding ortho intramolecular Hbond substituents is 1. The van der Waals surface area contributed by atoms with Crippen LogP contribution in [0.5, 0.6) is 5.75 Å². The smallest absolute Gasteiger partial charge is 0.154 e. The molecule has 0 bridgehead atoms. The van der Waals surface area contributed by atoms with Gasteiger partial charge in [0.1, 0.15) is 5.75 Å². The maximum absolute atomic E-state index is 11.1. The van der Waals surface area contributed by atoms with E-state index >= 15 is 0 Å². The quantitative estimate of drug-likeness (QED) is 0.422. The Morgan fingerprint density at radius 3 is 2.77 bits per heavy atom. The van der Waals surface area contributed by atoms with Gasteiger partial charge < -0.3 is 5.11 Å². The van der Waals surface area contributed by atoms with Gasteiger partial charge in [0, 0.05) is 5.56 Å². The van der Waals surface area contributed by atoms with Gasteiger partial charge in [-0.2, -0.15) is 0 Å². The molecule has 0 aliphatic carbocycles. The molecule has 4 heteroatoms. The molecule has 0 atom stereocenters. The molecule has 1 aromatic rings. The topological polar surface area (TPSA) is 54.4 Å². The summed E-state index contributed by atoms with van der Waals surface area (Å²) in [6.45, 7) is 0. The van der Waals surface area contributed by atoms with Crippen molar-refractivity contribution >= 4 is 19.9 Å². The predicted octanol–water partition coefficient (Wildman–Crippen LogP) is 0.974. The molecule has 64 valence electrons. The van der Waals surface area contributed by atoms with Gasteiger partial charge in [-0.05, 0) is 24.5 Å². The Kier molecular flexibility index (Phi) is 2.85. The van der Waals surface area contributed by atoms with Crippen LogP contribution in [-0.2, 0) is 0 Å². The minimum Gasteiger partial charge on any atom is -0.507 e. The Morgan fingerprint density at radius 2 is 2.23 bits per heavy atom. The van der Waals surface area contributed by atoms with Crippen LogP contribution in [-0.4, -0.2) is 25.0 Å². The second-order valence-electron chi connectivity index (χ2n) is 2.52. The molecular weight excluding hydrogens is 167 g/mol. The zero-order valence-corrected chi connectivity index (χ0v) is 6.86. The number of hydrogen-bond acceptors (Lipinski definition) is 3. The maximum Gasteiger partial charge on any atom is 0.154 e. The molecule has 3 nitrogen and oxygen atoms in total. The van der Waals surface area contributed by atoms with E-state index in [1.165, 1.54) is 18.2 Å². The molecule has 2 radical (unpaired) electrons. The van der Waals surface area contributed by atoms with E-state index in [0.717, 1.165) is 0 Å². The van der Waals surface area contributed by atoms with Crippen molar-refractivity contribution in [2.24, 2.45) is 0 Å². The average molecular weight is 174 g/mol. The largest absolute Gasteiger partial charge is 0.507 e. The lowest BCUT2D eigenvalue weighted by Gasteiger charge is -2.00. The summed E-state index contributed by atoms with van der Waals surface area (Å²) >= 11 is 0. The molecule has 0 aliphatic heterocycles. The summed E-state index contributed by atoms with van der Waals surface area (Å²) in [5, 5.41) is 9.12. The van der Waals surface area contributed by atoms with Crippen LogP contribution >= 0.6 is 0 Å². The van der Waals surface area contributed by atoms with Crippen LogP contribution in [0.2, 0.25) is 6.32 Å². The zero-order chi connectivity index (χ0) is 9.84. The van der Waals surface area contributed by atoms with Crippen molar-refractivity contribution in [1.82, 2.24) is 0 Å². The molecule has 0 amide bonds. The number of carbonyl (C=O) groups excluding carboxylic acids is 2. The first-order valence-electron chi connectivity index (χ1n) is 3.70. The number of Topliss-reactive ketones (excluding diaryl/α,β-unsaturated/α-hetero) is 1. The molecule has 1 rings (SSSR count). The van der Waals surface area contributed by atoms with Gasteiger partial charge in [0.25, 0.3) is 0 Å². The van der Waals surface area contributed by atoms with Crippen LogP contribution in [0.25, 0.3) is 0 Å². The van der Waals surface area contributed by atoms with E-state index in [4.69, 9.17) is 13.0 Å². The number of carbonyl (C=O) groups is 2. The average Bonchev–Trinajstić information content (AvgIpc) is 2.17. The zero-order valence-electron chi connectivity index (χ0n) is 6.86. The molecule has 1 N–H and O–H groups in total. The highest BCUT2D eigenvalue weighted by atomic mass is 16.3. The first-order valence-corrected chi connectivity index (χ1v) is 3.70. The summed E-state index contributed by atoms with van der Waals surface area (Å²) in [5.41, 5.74) is 0.432. The second kappa shape index (κ2) is 3.89. The Balaban J connectivity index is 3.13. The number of aromatic hydroxyl groups is 1. The summed E-state index contributed by atoms with van der Waals surface area (Å²) in [7, 11) is 5.13. The Morgan fingerprint density at radius 1 is 1.54 bits per heavy atom.